The van der Waals surface area contributed by atoms with Gasteiger partial charge in [-0.25, -0.2) is 0 Å². The highest BCUT2D eigenvalue weighted by Crippen LogP contribution is 2.67. The molecule has 4 aliphatic carbocycles. The monoisotopic (exact) mass is 403 g/mol. The van der Waals surface area contributed by atoms with Gasteiger partial charge in [0, 0.05) is 6.61 Å². The molecule has 4 aliphatic rings. The maximum absolute atomic E-state index is 8.86. The molecule has 2 heteroatoms. The Morgan fingerprint density at radius 2 is 1.55 bits per heavy atom. The first kappa shape index (κ1) is 22.1. The van der Waals surface area contributed by atoms with Crippen molar-refractivity contribution in [2.75, 3.05) is 19.7 Å². The fourth-order valence-electron chi connectivity index (χ4n) is 9.01. The van der Waals surface area contributed by atoms with E-state index in [0.29, 0.717) is 17.4 Å². The summed E-state index contributed by atoms with van der Waals surface area (Å²) in [6, 6.07) is 0. The first-order valence-electron chi connectivity index (χ1n) is 13.4. The van der Waals surface area contributed by atoms with Gasteiger partial charge in [-0.05, 0) is 131 Å². The molecule has 0 spiro atoms. The Balaban J connectivity index is 1.28. The van der Waals surface area contributed by atoms with Crippen molar-refractivity contribution in [3.63, 3.8) is 0 Å². The molecule has 4 saturated carbocycles. The number of aliphatic hydroxyl groups excluding tert-OH is 1. The predicted molar refractivity (Wildman–Crippen MR) is 123 cm³/mol. The van der Waals surface area contributed by atoms with E-state index in [1.165, 1.54) is 64.3 Å². The van der Waals surface area contributed by atoms with Crippen LogP contribution in [-0.4, -0.2) is 24.8 Å². The van der Waals surface area contributed by atoms with Gasteiger partial charge in [0.25, 0.3) is 0 Å². The quantitative estimate of drug-likeness (QED) is 0.427. The van der Waals surface area contributed by atoms with Crippen LogP contribution in [0.3, 0.4) is 0 Å². The van der Waals surface area contributed by atoms with Gasteiger partial charge in [0.1, 0.15) is 0 Å². The van der Waals surface area contributed by atoms with Crippen LogP contribution in [0.15, 0.2) is 0 Å². The van der Waals surface area contributed by atoms with Crippen molar-refractivity contribution in [3.05, 3.63) is 0 Å². The molecule has 0 heterocycles. The van der Waals surface area contributed by atoms with E-state index in [1.807, 2.05) is 0 Å². The fourth-order valence-corrected chi connectivity index (χ4v) is 9.01. The van der Waals surface area contributed by atoms with Gasteiger partial charge in [-0.1, -0.05) is 33.1 Å². The molecule has 168 valence electrons. The van der Waals surface area contributed by atoms with Gasteiger partial charge in [0.05, 0.1) is 0 Å². The second-order valence-electron chi connectivity index (χ2n) is 11.9. The lowest BCUT2D eigenvalue weighted by Gasteiger charge is -2.60. The molecule has 7 atom stereocenters. The molecule has 0 amide bonds. The summed E-state index contributed by atoms with van der Waals surface area (Å²) in [4.78, 5) is 0. The minimum atomic E-state index is 0.338. The van der Waals surface area contributed by atoms with Crippen LogP contribution >= 0.6 is 0 Å². The van der Waals surface area contributed by atoms with Crippen molar-refractivity contribution in [1.29, 1.82) is 0 Å². The molecule has 4 fully saturated rings. The average molecular weight is 404 g/mol. The highest BCUT2D eigenvalue weighted by molar-refractivity contribution is 5.08. The van der Waals surface area contributed by atoms with Gasteiger partial charge in [-0.15, -0.1) is 0 Å². The lowest BCUT2D eigenvalue weighted by molar-refractivity contribution is -0.111. The Morgan fingerprint density at radius 1 is 0.759 bits per heavy atom. The molecule has 0 radical (unpaired) electrons. The molecular weight excluding hydrogens is 354 g/mol. The van der Waals surface area contributed by atoms with Crippen molar-refractivity contribution in [1.82, 2.24) is 5.32 Å². The summed E-state index contributed by atoms with van der Waals surface area (Å²) in [5.41, 5.74) is 1.36. The zero-order valence-corrected chi connectivity index (χ0v) is 19.6. The van der Waals surface area contributed by atoms with Crippen molar-refractivity contribution in [2.24, 2.45) is 40.4 Å². The van der Waals surface area contributed by atoms with Crippen molar-refractivity contribution in [2.45, 2.75) is 110 Å². The molecule has 0 aromatic heterocycles. The van der Waals surface area contributed by atoms with Crippen LogP contribution in [0.25, 0.3) is 0 Å². The van der Waals surface area contributed by atoms with Gasteiger partial charge in [-0.2, -0.15) is 0 Å². The van der Waals surface area contributed by atoms with E-state index >= 15 is 0 Å². The van der Waals surface area contributed by atoms with Gasteiger partial charge in [0.15, 0.2) is 0 Å². The maximum Gasteiger partial charge on any atom is 0.0431 e. The molecule has 5 unspecified atom stereocenters. The summed E-state index contributed by atoms with van der Waals surface area (Å²) in [5, 5.41) is 12.4. The lowest BCUT2D eigenvalue weighted by atomic mass is 9.45. The third-order valence-electron chi connectivity index (χ3n) is 10.7. The normalized spacial score (nSPS) is 44.2. The van der Waals surface area contributed by atoms with Crippen LogP contribution in [-0.2, 0) is 0 Å². The fraction of sp³-hybridized carbons (Fsp3) is 1.00. The number of hydrogen-bond donors (Lipinski definition) is 2. The van der Waals surface area contributed by atoms with Crippen LogP contribution in [0, 0.1) is 40.4 Å². The van der Waals surface area contributed by atoms with Crippen LogP contribution in [0.2, 0.25) is 0 Å². The second kappa shape index (κ2) is 9.60. The first-order valence-corrected chi connectivity index (χ1v) is 13.4. The maximum atomic E-state index is 8.86. The largest absolute Gasteiger partial charge is 0.396 e. The molecule has 29 heavy (non-hydrogen) atoms. The van der Waals surface area contributed by atoms with E-state index < -0.39 is 0 Å². The average Bonchev–Trinajstić information content (AvgIpc) is 3.06. The standard InChI is InChI=1S/C27H49NO/c1-26-16-5-3-9-21(26)11-13-23-24-14-12-22(27(24,2)17-15-25(23)26)10-4-6-18-28-19-7-8-20-29/h21-25,28-29H,3-20H2,1-2H3/t21?,22?,23?,24?,25?,26-,27+/m0/s1. The van der Waals surface area contributed by atoms with Crippen LogP contribution in [0.5, 0.6) is 0 Å². The predicted octanol–water partition coefficient (Wildman–Crippen LogP) is 6.57. The number of aliphatic hydroxyl groups is 1. The third-order valence-corrected chi connectivity index (χ3v) is 10.7. The molecule has 0 bridgehead atoms. The van der Waals surface area contributed by atoms with Crippen LogP contribution < -0.4 is 5.32 Å². The highest BCUT2D eigenvalue weighted by atomic mass is 16.2. The van der Waals surface area contributed by atoms with Gasteiger partial charge in [-0.3, -0.25) is 0 Å². The number of fused-ring (bicyclic) bond motifs is 5. The summed E-state index contributed by atoms with van der Waals surface area (Å²) in [7, 11) is 0. The summed E-state index contributed by atoms with van der Waals surface area (Å²) < 4.78 is 0. The summed E-state index contributed by atoms with van der Waals surface area (Å²) in [5.74, 6) is 5.22. The number of nitrogens with one attached hydrogen (secondary N) is 1. The van der Waals surface area contributed by atoms with Crippen LogP contribution in [0.4, 0.5) is 0 Å². The smallest absolute Gasteiger partial charge is 0.0431 e. The molecule has 0 aliphatic heterocycles. The van der Waals surface area contributed by atoms with Crippen LogP contribution in [0.1, 0.15) is 110 Å². The minimum Gasteiger partial charge on any atom is -0.396 e. The summed E-state index contributed by atoms with van der Waals surface area (Å²) in [6.45, 7) is 8.02. The summed E-state index contributed by atoms with van der Waals surface area (Å²) >= 11 is 0. The first-order chi connectivity index (χ1) is 14.1. The van der Waals surface area contributed by atoms with E-state index in [4.69, 9.17) is 5.11 Å². The Morgan fingerprint density at radius 3 is 2.38 bits per heavy atom. The number of rotatable bonds is 9. The topological polar surface area (TPSA) is 32.3 Å². The zero-order valence-electron chi connectivity index (χ0n) is 19.6. The summed E-state index contributed by atoms with van der Waals surface area (Å²) in [6.07, 6.45) is 21.6. The van der Waals surface area contributed by atoms with E-state index in [9.17, 15) is 0 Å². The Kier molecular flexibility index (Phi) is 7.32. The van der Waals surface area contributed by atoms with Crippen molar-refractivity contribution in [3.8, 4) is 0 Å². The molecule has 0 aromatic carbocycles. The van der Waals surface area contributed by atoms with Gasteiger partial charge >= 0.3 is 0 Å². The third kappa shape index (κ3) is 4.32. The molecule has 0 aromatic rings. The Hall–Kier alpha value is -0.0800. The van der Waals surface area contributed by atoms with E-state index in [1.54, 1.807) is 25.7 Å². The van der Waals surface area contributed by atoms with Crippen molar-refractivity contribution >= 4 is 0 Å². The number of unbranched alkanes of at least 4 members (excludes halogenated alkanes) is 2. The molecular formula is C27H49NO. The van der Waals surface area contributed by atoms with E-state index in [-0.39, 0.29) is 0 Å². The lowest BCUT2D eigenvalue weighted by Crippen LogP contribution is -2.52. The van der Waals surface area contributed by atoms with E-state index in [0.717, 1.165) is 49.0 Å². The second-order valence-corrected chi connectivity index (χ2v) is 11.9. The minimum absolute atomic E-state index is 0.338. The molecule has 0 saturated heterocycles. The molecule has 2 nitrogen and oxygen atoms in total. The SMILES string of the molecule is C[C@]12CCCCC1CCC1C2CC[C@]2(C)C(CCCCNCCCCO)CCC12. The van der Waals surface area contributed by atoms with Gasteiger partial charge in [0.2, 0.25) is 0 Å². The molecule has 2 N–H and O–H groups in total. The molecule has 4 rings (SSSR count). The number of hydrogen-bond acceptors (Lipinski definition) is 2. The Bertz CT molecular complexity index is 521. The van der Waals surface area contributed by atoms with Gasteiger partial charge < -0.3 is 10.4 Å². The highest BCUT2D eigenvalue weighted by Gasteiger charge is 2.59. The van der Waals surface area contributed by atoms with E-state index in [2.05, 4.69) is 19.2 Å². The zero-order chi connectivity index (χ0) is 20.3. The van der Waals surface area contributed by atoms with Crippen molar-refractivity contribution < 1.29 is 5.11 Å². The Labute approximate surface area is 181 Å².